The second kappa shape index (κ2) is 3.86. The van der Waals surface area contributed by atoms with E-state index < -0.39 is 6.10 Å². The minimum atomic E-state index is -0.583. The minimum absolute atomic E-state index is 0.453. The molecule has 1 atom stereocenters. The van der Waals surface area contributed by atoms with Crippen molar-refractivity contribution in [1.29, 1.82) is 0 Å². The number of hydrogen-bond acceptors (Lipinski definition) is 4. The molecule has 0 aliphatic rings. The Morgan fingerprint density at radius 1 is 1.60 bits per heavy atom. The molecule has 0 saturated heterocycles. The summed E-state index contributed by atoms with van der Waals surface area (Å²) >= 11 is 0. The van der Waals surface area contributed by atoms with Crippen LogP contribution < -0.4 is 0 Å². The Balaban J connectivity index is 2.10. The quantitative estimate of drug-likeness (QED) is 0.815. The first-order valence-electron chi connectivity index (χ1n) is 4.74. The van der Waals surface area contributed by atoms with Crippen LogP contribution in [0, 0.1) is 6.92 Å². The van der Waals surface area contributed by atoms with Crippen molar-refractivity contribution >= 4 is 0 Å². The average molecular weight is 207 g/mol. The molecule has 0 spiro atoms. The highest BCUT2D eigenvalue weighted by Gasteiger charge is 2.14. The maximum atomic E-state index is 9.92. The van der Waals surface area contributed by atoms with Gasteiger partial charge in [0.2, 0.25) is 0 Å². The lowest BCUT2D eigenvalue weighted by atomic mass is 10.1. The van der Waals surface area contributed by atoms with Gasteiger partial charge in [-0.15, -0.1) is 5.10 Å². The zero-order valence-corrected chi connectivity index (χ0v) is 8.71. The Kier molecular flexibility index (Phi) is 2.55. The Hall–Kier alpha value is -1.62. The van der Waals surface area contributed by atoms with Crippen LogP contribution in [0.1, 0.15) is 23.1 Å². The Labute approximate surface area is 87.3 Å². The van der Waals surface area contributed by atoms with Gasteiger partial charge in [0.1, 0.15) is 5.76 Å². The van der Waals surface area contributed by atoms with Gasteiger partial charge in [-0.3, -0.25) is 4.68 Å². The third-order valence-corrected chi connectivity index (χ3v) is 2.31. The molecule has 1 unspecified atom stereocenters. The highest BCUT2D eigenvalue weighted by atomic mass is 16.3. The summed E-state index contributed by atoms with van der Waals surface area (Å²) in [4.78, 5) is 0. The zero-order chi connectivity index (χ0) is 10.8. The molecule has 0 saturated carbocycles. The lowest BCUT2D eigenvalue weighted by molar-refractivity contribution is 0.175. The van der Waals surface area contributed by atoms with Crippen molar-refractivity contribution in [2.75, 3.05) is 0 Å². The summed E-state index contributed by atoms with van der Waals surface area (Å²) in [5, 5.41) is 17.6. The smallest absolute Gasteiger partial charge is 0.106 e. The van der Waals surface area contributed by atoms with Crippen molar-refractivity contribution in [1.82, 2.24) is 15.0 Å². The summed E-state index contributed by atoms with van der Waals surface area (Å²) in [5.41, 5.74) is 1.58. The highest BCUT2D eigenvalue weighted by Crippen LogP contribution is 2.21. The molecular formula is C10H13N3O2. The topological polar surface area (TPSA) is 64.1 Å². The number of aryl methyl sites for hydroxylation is 2. The Bertz CT molecular complexity index is 447. The van der Waals surface area contributed by atoms with Gasteiger partial charge in [0.25, 0.3) is 0 Å². The molecule has 0 aliphatic carbocycles. The summed E-state index contributed by atoms with van der Waals surface area (Å²) < 4.78 is 6.74. The van der Waals surface area contributed by atoms with Gasteiger partial charge in [-0.25, -0.2) is 0 Å². The molecule has 5 heteroatoms. The van der Waals surface area contributed by atoms with Crippen molar-refractivity contribution in [2.24, 2.45) is 7.05 Å². The van der Waals surface area contributed by atoms with E-state index in [0.29, 0.717) is 6.42 Å². The monoisotopic (exact) mass is 207 g/mol. The van der Waals surface area contributed by atoms with Gasteiger partial charge in [0, 0.05) is 25.2 Å². The van der Waals surface area contributed by atoms with Gasteiger partial charge >= 0.3 is 0 Å². The summed E-state index contributed by atoms with van der Waals surface area (Å²) in [6.45, 7) is 1.83. The van der Waals surface area contributed by atoms with E-state index in [1.807, 2.05) is 6.92 Å². The van der Waals surface area contributed by atoms with Gasteiger partial charge in [0.15, 0.2) is 0 Å². The van der Waals surface area contributed by atoms with Crippen molar-refractivity contribution in [3.05, 3.63) is 35.5 Å². The number of aliphatic hydroxyl groups excluding tert-OH is 1. The maximum Gasteiger partial charge on any atom is 0.106 e. The van der Waals surface area contributed by atoms with Gasteiger partial charge in [0.05, 0.1) is 18.1 Å². The van der Waals surface area contributed by atoms with Gasteiger partial charge < -0.3 is 9.52 Å². The second-order valence-corrected chi connectivity index (χ2v) is 3.54. The second-order valence-electron chi connectivity index (χ2n) is 3.54. The van der Waals surface area contributed by atoms with E-state index >= 15 is 0 Å². The lowest BCUT2D eigenvalue weighted by Gasteiger charge is -2.06. The first-order valence-corrected chi connectivity index (χ1v) is 4.74. The van der Waals surface area contributed by atoms with E-state index in [-0.39, 0.29) is 0 Å². The van der Waals surface area contributed by atoms with Crippen LogP contribution in [0.15, 0.2) is 22.9 Å². The van der Waals surface area contributed by atoms with Crippen molar-refractivity contribution < 1.29 is 9.52 Å². The number of nitrogens with zero attached hydrogens (tertiary/aromatic N) is 3. The number of aromatic nitrogens is 3. The van der Waals surface area contributed by atoms with E-state index in [1.54, 1.807) is 30.3 Å². The summed E-state index contributed by atoms with van der Waals surface area (Å²) in [6.07, 6.45) is 3.23. The normalized spacial score (nSPS) is 13.0. The van der Waals surface area contributed by atoms with Crippen LogP contribution in [0.5, 0.6) is 0 Å². The standard InChI is InChI=1S/C10H13N3O2/c1-7-9(3-4-15-7)10(14)5-8-6-13(2)12-11-8/h3-4,6,10,14H,5H2,1-2H3. The predicted octanol–water partition coefficient (Wildman–Crippen LogP) is 0.993. The van der Waals surface area contributed by atoms with E-state index in [0.717, 1.165) is 17.0 Å². The van der Waals surface area contributed by atoms with Crippen molar-refractivity contribution in [2.45, 2.75) is 19.4 Å². The lowest BCUT2D eigenvalue weighted by Crippen LogP contribution is -2.02. The van der Waals surface area contributed by atoms with E-state index in [4.69, 9.17) is 4.42 Å². The summed E-state index contributed by atoms with van der Waals surface area (Å²) in [5.74, 6) is 0.742. The number of hydrogen-bond donors (Lipinski definition) is 1. The molecule has 2 aromatic rings. The summed E-state index contributed by atoms with van der Waals surface area (Å²) in [7, 11) is 1.80. The van der Waals surface area contributed by atoms with Crippen molar-refractivity contribution in [3.63, 3.8) is 0 Å². The largest absolute Gasteiger partial charge is 0.469 e. The molecule has 0 fully saturated rings. The molecular weight excluding hydrogens is 194 g/mol. The fourth-order valence-electron chi connectivity index (χ4n) is 1.54. The minimum Gasteiger partial charge on any atom is -0.469 e. The molecule has 5 nitrogen and oxygen atoms in total. The van der Waals surface area contributed by atoms with Crippen LogP contribution in [0.3, 0.4) is 0 Å². The Morgan fingerprint density at radius 3 is 2.93 bits per heavy atom. The van der Waals surface area contributed by atoms with Crippen LogP contribution >= 0.6 is 0 Å². The molecule has 80 valence electrons. The molecule has 0 amide bonds. The van der Waals surface area contributed by atoms with Gasteiger partial charge in [-0.05, 0) is 13.0 Å². The summed E-state index contributed by atoms with van der Waals surface area (Å²) in [6, 6.07) is 1.77. The number of furan rings is 1. The predicted molar refractivity (Wildman–Crippen MR) is 53.1 cm³/mol. The highest BCUT2D eigenvalue weighted by molar-refractivity contribution is 5.19. The number of aliphatic hydroxyl groups is 1. The molecule has 2 aromatic heterocycles. The first kappa shape index (κ1) is 9.92. The van der Waals surface area contributed by atoms with E-state index in [1.165, 1.54) is 0 Å². The maximum absolute atomic E-state index is 9.92. The zero-order valence-electron chi connectivity index (χ0n) is 8.71. The SMILES string of the molecule is Cc1occc1C(O)Cc1cn(C)nn1. The van der Waals surface area contributed by atoms with Crippen LogP contribution in [0.4, 0.5) is 0 Å². The molecule has 0 radical (unpaired) electrons. The van der Waals surface area contributed by atoms with Crippen molar-refractivity contribution in [3.8, 4) is 0 Å². The van der Waals surface area contributed by atoms with E-state index in [2.05, 4.69) is 10.3 Å². The molecule has 15 heavy (non-hydrogen) atoms. The van der Waals surface area contributed by atoms with Gasteiger partial charge in [-0.2, -0.15) is 0 Å². The molecule has 0 aliphatic heterocycles. The molecule has 2 rings (SSSR count). The average Bonchev–Trinajstić information content (AvgIpc) is 2.75. The molecule has 2 heterocycles. The first-order chi connectivity index (χ1) is 7.16. The van der Waals surface area contributed by atoms with Gasteiger partial charge in [-0.1, -0.05) is 5.21 Å². The van der Waals surface area contributed by atoms with Crippen LogP contribution in [-0.2, 0) is 13.5 Å². The fraction of sp³-hybridized carbons (Fsp3) is 0.400. The Morgan fingerprint density at radius 2 is 2.40 bits per heavy atom. The third-order valence-electron chi connectivity index (χ3n) is 2.31. The fourth-order valence-corrected chi connectivity index (χ4v) is 1.54. The number of rotatable bonds is 3. The van der Waals surface area contributed by atoms with Crippen LogP contribution in [0.25, 0.3) is 0 Å². The molecule has 1 N–H and O–H groups in total. The molecule has 0 bridgehead atoms. The van der Waals surface area contributed by atoms with E-state index in [9.17, 15) is 5.11 Å². The molecule has 0 aromatic carbocycles. The van der Waals surface area contributed by atoms with Crippen LogP contribution in [0.2, 0.25) is 0 Å². The third kappa shape index (κ3) is 2.07. The van der Waals surface area contributed by atoms with Crippen LogP contribution in [-0.4, -0.2) is 20.1 Å².